The molecule has 4 nitrogen and oxygen atoms in total. The third-order valence-electron chi connectivity index (χ3n) is 3.56. The molecule has 0 bridgehead atoms. The van der Waals surface area contributed by atoms with E-state index in [1.54, 1.807) is 6.08 Å². The fraction of sp³-hybridized carbons (Fsp3) is 0.167. The van der Waals surface area contributed by atoms with Crippen molar-refractivity contribution < 1.29 is 13.2 Å². The molecule has 0 aliphatic heterocycles. The zero-order valence-electron chi connectivity index (χ0n) is 13.3. The van der Waals surface area contributed by atoms with E-state index in [4.69, 9.17) is 0 Å². The van der Waals surface area contributed by atoms with Crippen molar-refractivity contribution in [2.75, 3.05) is 7.05 Å². The van der Waals surface area contributed by atoms with Gasteiger partial charge in [0.1, 0.15) is 0 Å². The lowest BCUT2D eigenvalue weighted by molar-refractivity contribution is 0.104. The number of sulfonamides is 1. The van der Waals surface area contributed by atoms with E-state index in [0.29, 0.717) is 5.56 Å². The Balaban J connectivity index is 2.19. The second-order valence-corrected chi connectivity index (χ2v) is 7.18. The van der Waals surface area contributed by atoms with Crippen LogP contribution < -0.4 is 4.72 Å². The molecule has 23 heavy (non-hydrogen) atoms. The minimum Gasteiger partial charge on any atom is -0.289 e. The van der Waals surface area contributed by atoms with E-state index in [0.717, 1.165) is 11.1 Å². The summed E-state index contributed by atoms with van der Waals surface area (Å²) in [7, 11) is -2.14. The molecule has 0 spiro atoms. The van der Waals surface area contributed by atoms with E-state index in [-0.39, 0.29) is 10.7 Å². The first kappa shape index (κ1) is 17.1. The SMILES string of the molecule is CNS(=O)(=O)c1ccc(C(=O)/C=C/c2ccc(C)cc2C)cc1. The number of carbonyl (C=O) groups excluding carboxylic acids is 1. The Morgan fingerprint density at radius 1 is 1.04 bits per heavy atom. The van der Waals surface area contributed by atoms with Crippen molar-refractivity contribution in [3.8, 4) is 0 Å². The van der Waals surface area contributed by atoms with E-state index in [2.05, 4.69) is 10.8 Å². The summed E-state index contributed by atoms with van der Waals surface area (Å²) in [5.41, 5.74) is 3.70. The lowest BCUT2D eigenvalue weighted by Crippen LogP contribution is -2.18. The topological polar surface area (TPSA) is 63.2 Å². The molecule has 0 atom stereocenters. The van der Waals surface area contributed by atoms with Gasteiger partial charge in [-0.1, -0.05) is 29.8 Å². The molecule has 5 heteroatoms. The number of rotatable bonds is 5. The van der Waals surface area contributed by atoms with Gasteiger partial charge in [0, 0.05) is 5.56 Å². The number of ketones is 1. The van der Waals surface area contributed by atoms with Crippen LogP contribution in [0.15, 0.2) is 53.4 Å². The van der Waals surface area contributed by atoms with Gasteiger partial charge in [-0.15, -0.1) is 0 Å². The summed E-state index contributed by atoms with van der Waals surface area (Å²) in [4.78, 5) is 12.3. The average molecular weight is 329 g/mol. The van der Waals surface area contributed by atoms with Gasteiger partial charge >= 0.3 is 0 Å². The Bertz CT molecular complexity index is 850. The van der Waals surface area contributed by atoms with E-state index in [1.807, 2.05) is 26.0 Å². The van der Waals surface area contributed by atoms with Crippen molar-refractivity contribution in [3.63, 3.8) is 0 Å². The predicted octanol–water partition coefficient (Wildman–Crippen LogP) is 3.11. The number of hydrogen-bond acceptors (Lipinski definition) is 3. The molecule has 2 aromatic carbocycles. The van der Waals surface area contributed by atoms with Crippen LogP contribution in [-0.4, -0.2) is 21.2 Å². The van der Waals surface area contributed by atoms with Gasteiger partial charge < -0.3 is 0 Å². The molecule has 0 heterocycles. The van der Waals surface area contributed by atoms with Crippen LogP contribution in [0.3, 0.4) is 0 Å². The van der Waals surface area contributed by atoms with Crippen molar-refractivity contribution in [3.05, 3.63) is 70.8 Å². The van der Waals surface area contributed by atoms with Crippen LogP contribution in [0.25, 0.3) is 6.08 Å². The molecule has 0 saturated heterocycles. The van der Waals surface area contributed by atoms with Crippen LogP contribution in [0, 0.1) is 13.8 Å². The largest absolute Gasteiger partial charge is 0.289 e. The molecule has 2 rings (SSSR count). The maximum Gasteiger partial charge on any atom is 0.240 e. The van der Waals surface area contributed by atoms with Gasteiger partial charge in [-0.2, -0.15) is 0 Å². The Hall–Kier alpha value is -2.24. The lowest BCUT2D eigenvalue weighted by Gasteiger charge is -2.03. The van der Waals surface area contributed by atoms with Crippen LogP contribution in [-0.2, 0) is 10.0 Å². The Morgan fingerprint density at radius 3 is 2.26 bits per heavy atom. The average Bonchev–Trinajstić information content (AvgIpc) is 2.54. The van der Waals surface area contributed by atoms with Crippen molar-refractivity contribution in [2.45, 2.75) is 18.7 Å². The van der Waals surface area contributed by atoms with Crippen LogP contribution in [0.1, 0.15) is 27.0 Å². The summed E-state index contributed by atoms with van der Waals surface area (Å²) in [5, 5.41) is 0. The molecule has 2 aromatic rings. The molecule has 120 valence electrons. The minimum absolute atomic E-state index is 0.134. The first-order valence-corrected chi connectivity index (χ1v) is 8.65. The number of allylic oxidation sites excluding steroid dienone is 1. The van der Waals surface area contributed by atoms with Crippen molar-refractivity contribution in [1.82, 2.24) is 4.72 Å². The Kier molecular flexibility index (Phi) is 5.13. The third kappa shape index (κ3) is 4.15. The van der Waals surface area contributed by atoms with Gasteiger partial charge in [-0.3, -0.25) is 4.79 Å². The fourth-order valence-electron chi connectivity index (χ4n) is 2.19. The highest BCUT2D eigenvalue weighted by molar-refractivity contribution is 7.89. The van der Waals surface area contributed by atoms with Gasteiger partial charge in [0.2, 0.25) is 10.0 Å². The second-order valence-electron chi connectivity index (χ2n) is 5.29. The van der Waals surface area contributed by atoms with Gasteiger partial charge in [0.05, 0.1) is 4.90 Å². The molecule has 0 amide bonds. The van der Waals surface area contributed by atoms with Crippen LogP contribution in [0.2, 0.25) is 0 Å². The zero-order valence-corrected chi connectivity index (χ0v) is 14.1. The molecule has 0 fully saturated rings. The van der Waals surface area contributed by atoms with Crippen molar-refractivity contribution in [1.29, 1.82) is 0 Å². The first-order valence-electron chi connectivity index (χ1n) is 7.17. The lowest BCUT2D eigenvalue weighted by atomic mass is 10.0. The number of aryl methyl sites for hydroxylation is 2. The summed E-state index contributed by atoms with van der Waals surface area (Å²) in [6.45, 7) is 4.01. The van der Waals surface area contributed by atoms with Crippen LogP contribution in [0.4, 0.5) is 0 Å². The highest BCUT2D eigenvalue weighted by Gasteiger charge is 2.11. The van der Waals surface area contributed by atoms with E-state index < -0.39 is 10.0 Å². The molecule has 1 N–H and O–H groups in total. The smallest absolute Gasteiger partial charge is 0.240 e. The van der Waals surface area contributed by atoms with E-state index in [9.17, 15) is 13.2 Å². The van der Waals surface area contributed by atoms with E-state index >= 15 is 0 Å². The second kappa shape index (κ2) is 6.89. The molecule has 0 aliphatic rings. The predicted molar refractivity (Wildman–Crippen MR) is 92.0 cm³/mol. The zero-order chi connectivity index (χ0) is 17.0. The van der Waals surface area contributed by atoms with Gasteiger partial charge in [0.15, 0.2) is 5.78 Å². The summed E-state index contributed by atoms with van der Waals surface area (Å²) < 4.78 is 25.5. The Labute approximate surface area is 136 Å². The highest BCUT2D eigenvalue weighted by Crippen LogP contribution is 2.14. The fourth-order valence-corrected chi connectivity index (χ4v) is 2.92. The standard InChI is InChI=1S/C18H19NO3S/c1-13-4-5-15(14(2)12-13)8-11-18(20)16-6-9-17(10-7-16)23(21,22)19-3/h4-12,19H,1-3H3/b11-8+. The summed E-state index contributed by atoms with van der Waals surface area (Å²) in [6, 6.07) is 11.9. The molecule has 0 radical (unpaired) electrons. The summed E-state index contributed by atoms with van der Waals surface area (Å²) in [6.07, 6.45) is 3.27. The maximum absolute atomic E-state index is 12.2. The molecule has 0 aromatic heterocycles. The van der Waals surface area contributed by atoms with Crippen molar-refractivity contribution >= 4 is 21.9 Å². The van der Waals surface area contributed by atoms with Crippen LogP contribution in [0.5, 0.6) is 0 Å². The minimum atomic E-state index is -3.48. The number of hydrogen-bond donors (Lipinski definition) is 1. The van der Waals surface area contributed by atoms with E-state index in [1.165, 1.54) is 43.0 Å². The maximum atomic E-state index is 12.2. The normalized spacial score (nSPS) is 11.8. The van der Waals surface area contributed by atoms with Gasteiger partial charge in [-0.05, 0) is 62.4 Å². The van der Waals surface area contributed by atoms with Gasteiger partial charge in [0.25, 0.3) is 0 Å². The molecular weight excluding hydrogens is 310 g/mol. The summed E-state index contributed by atoms with van der Waals surface area (Å²) >= 11 is 0. The number of benzene rings is 2. The summed E-state index contributed by atoms with van der Waals surface area (Å²) in [5.74, 6) is -0.168. The third-order valence-corrected chi connectivity index (χ3v) is 4.99. The number of nitrogens with one attached hydrogen (secondary N) is 1. The molecule has 0 unspecified atom stereocenters. The first-order chi connectivity index (χ1) is 10.8. The number of carbonyl (C=O) groups is 1. The Morgan fingerprint density at radius 2 is 1.70 bits per heavy atom. The molecular formula is C18H19NO3S. The molecule has 0 aliphatic carbocycles. The molecule has 0 saturated carbocycles. The van der Waals surface area contributed by atoms with Crippen LogP contribution >= 0.6 is 0 Å². The van der Waals surface area contributed by atoms with Crippen molar-refractivity contribution in [2.24, 2.45) is 0 Å². The quantitative estimate of drug-likeness (QED) is 0.677. The highest BCUT2D eigenvalue weighted by atomic mass is 32.2. The van der Waals surface area contributed by atoms with Gasteiger partial charge in [-0.25, -0.2) is 13.1 Å². The monoisotopic (exact) mass is 329 g/mol.